The molecule has 0 aliphatic heterocycles. The molecule has 0 radical (unpaired) electrons. The average Bonchev–Trinajstić information content (AvgIpc) is 2.27. The van der Waals surface area contributed by atoms with Gasteiger partial charge in [0.1, 0.15) is 5.82 Å². The molecule has 1 heterocycles. The summed E-state index contributed by atoms with van der Waals surface area (Å²) in [6, 6.07) is 0. The number of aromatic nitrogens is 3. The van der Waals surface area contributed by atoms with Gasteiger partial charge in [-0.1, -0.05) is 38.5 Å². The van der Waals surface area contributed by atoms with E-state index < -0.39 is 0 Å². The van der Waals surface area contributed by atoms with Crippen molar-refractivity contribution in [3.8, 4) is 0 Å². The van der Waals surface area contributed by atoms with Crippen LogP contribution in [0.2, 0.25) is 0 Å². The Bertz CT molecular complexity index is 405. The number of nitrogen functional groups attached to an aromatic ring is 1. The Hall–Kier alpha value is -0.840. The number of hydrogen-bond acceptors (Lipinski definition) is 5. The number of thioether (sulfide) groups is 1. The van der Waals surface area contributed by atoms with E-state index >= 15 is 0 Å². The van der Waals surface area contributed by atoms with Crippen molar-refractivity contribution in [2.45, 2.75) is 50.6 Å². The van der Waals surface area contributed by atoms with Crippen molar-refractivity contribution >= 4 is 17.7 Å². The Morgan fingerprint density at radius 3 is 2.65 bits per heavy atom. The van der Waals surface area contributed by atoms with Crippen LogP contribution in [0.1, 0.15) is 51.3 Å². The van der Waals surface area contributed by atoms with Crippen LogP contribution in [0.3, 0.4) is 0 Å². The summed E-state index contributed by atoms with van der Waals surface area (Å²) in [5, 5.41) is 0.730. The van der Waals surface area contributed by atoms with E-state index in [-0.39, 0.29) is 5.41 Å². The molecule has 0 spiro atoms. The van der Waals surface area contributed by atoms with Gasteiger partial charge in [-0.05, 0) is 24.5 Å². The fourth-order valence-corrected chi connectivity index (χ4v) is 2.98. The van der Waals surface area contributed by atoms with Crippen LogP contribution in [0, 0.1) is 5.41 Å². The largest absolute Gasteiger partial charge is 0.368 e. The van der Waals surface area contributed by atoms with E-state index in [1.54, 1.807) is 0 Å². The predicted octanol–water partition coefficient (Wildman–Crippen LogP) is 2.86. The minimum atomic E-state index is 0.266. The molecule has 1 aromatic rings. The van der Waals surface area contributed by atoms with E-state index in [0.29, 0.717) is 11.9 Å². The molecule has 0 aromatic carbocycles. The summed E-state index contributed by atoms with van der Waals surface area (Å²) in [6.45, 7) is 4.60. The summed E-state index contributed by atoms with van der Waals surface area (Å²) in [5.41, 5.74) is 6.02. The summed E-state index contributed by atoms with van der Waals surface area (Å²) in [4.78, 5) is 13.0. The van der Waals surface area contributed by atoms with Gasteiger partial charge in [-0.25, -0.2) is 4.98 Å². The highest BCUT2D eigenvalue weighted by molar-refractivity contribution is 7.98. The highest BCUT2D eigenvalue weighted by Crippen LogP contribution is 2.45. The maximum atomic E-state index is 5.75. The first kappa shape index (κ1) is 12.6. The number of nitrogens with two attached hydrogens (primary N) is 1. The molecule has 5 heteroatoms. The molecule has 0 bridgehead atoms. The minimum Gasteiger partial charge on any atom is -0.368 e. The lowest BCUT2D eigenvalue weighted by molar-refractivity contribution is 0.191. The van der Waals surface area contributed by atoms with E-state index in [9.17, 15) is 0 Å². The predicted molar refractivity (Wildman–Crippen MR) is 71.0 cm³/mol. The number of rotatable bonds is 2. The Morgan fingerprint density at radius 1 is 1.24 bits per heavy atom. The van der Waals surface area contributed by atoms with Crippen molar-refractivity contribution in [3.63, 3.8) is 0 Å². The van der Waals surface area contributed by atoms with Gasteiger partial charge in [0.15, 0.2) is 5.16 Å². The molecule has 0 amide bonds. The van der Waals surface area contributed by atoms with Crippen LogP contribution >= 0.6 is 11.8 Å². The van der Waals surface area contributed by atoms with Crippen molar-refractivity contribution in [2.75, 3.05) is 12.0 Å². The fourth-order valence-electron chi connectivity index (χ4n) is 2.61. The Morgan fingerprint density at radius 2 is 2.00 bits per heavy atom. The second-order valence-electron chi connectivity index (χ2n) is 5.33. The maximum Gasteiger partial charge on any atom is 0.224 e. The Labute approximate surface area is 107 Å². The second kappa shape index (κ2) is 4.80. The van der Waals surface area contributed by atoms with Crippen molar-refractivity contribution in [2.24, 2.45) is 5.41 Å². The summed E-state index contributed by atoms with van der Waals surface area (Å²) in [7, 11) is 0. The number of anilines is 1. The van der Waals surface area contributed by atoms with E-state index in [1.165, 1.54) is 31.0 Å². The van der Waals surface area contributed by atoms with Gasteiger partial charge in [-0.15, -0.1) is 0 Å². The molecular weight excluding hydrogens is 232 g/mol. The van der Waals surface area contributed by atoms with Gasteiger partial charge in [0.25, 0.3) is 0 Å². The molecule has 2 rings (SSSR count). The third-order valence-electron chi connectivity index (χ3n) is 3.65. The average molecular weight is 252 g/mol. The standard InChI is InChI=1S/C12H20N4S/c1-12(2)7-5-4-6-8(12)9-14-10(13)16-11(15-9)17-3/h8H,4-7H2,1-3H3,(H2,13,14,15,16). The molecule has 1 atom stereocenters. The second-order valence-corrected chi connectivity index (χ2v) is 6.10. The van der Waals surface area contributed by atoms with Gasteiger partial charge < -0.3 is 5.73 Å². The van der Waals surface area contributed by atoms with Crippen LogP contribution in [0.15, 0.2) is 5.16 Å². The zero-order valence-corrected chi connectivity index (χ0v) is 11.5. The monoisotopic (exact) mass is 252 g/mol. The molecule has 0 saturated heterocycles. The SMILES string of the molecule is CSc1nc(N)nc(C2CCCCC2(C)C)n1. The lowest BCUT2D eigenvalue weighted by Crippen LogP contribution is -2.28. The third kappa shape index (κ3) is 2.70. The smallest absolute Gasteiger partial charge is 0.224 e. The molecule has 1 aliphatic carbocycles. The molecule has 1 aromatic heterocycles. The van der Waals surface area contributed by atoms with Gasteiger partial charge in [-0.3, -0.25) is 0 Å². The molecule has 94 valence electrons. The van der Waals surface area contributed by atoms with Crippen LogP contribution in [0.25, 0.3) is 0 Å². The summed E-state index contributed by atoms with van der Waals surface area (Å²) >= 11 is 1.52. The van der Waals surface area contributed by atoms with Crippen LogP contribution in [0.5, 0.6) is 0 Å². The number of nitrogens with zero attached hydrogens (tertiary/aromatic N) is 3. The normalized spacial score (nSPS) is 23.6. The van der Waals surface area contributed by atoms with E-state index in [0.717, 1.165) is 17.4 Å². The highest BCUT2D eigenvalue weighted by Gasteiger charge is 2.35. The zero-order chi connectivity index (χ0) is 12.5. The van der Waals surface area contributed by atoms with Gasteiger partial charge in [0.2, 0.25) is 5.95 Å². The van der Waals surface area contributed by atoms with Gasteiger partial charge in [-0.2, -0.15) is 9.97 Å². The summed E-state index contributed by atoms with van der Waals surface area (Å²) in [5.74, 6) is 1.64. The Balaban J connectivity index is 2.35. The first-order valence-corrected chi connectivity index (χ1v) is 7.31. The zero-order valence-electron chi connectivity index (χ0n) is 10.7. The Kier molecular flexibility index (Phi) is 3.56. The number of hydrogen-bond donors (Lipinski definition) is 1. The molecule has 4 nitrogen and oxygen atoms in total. The third-order valence-corrected chi connectivity index (χ3v) is 4.20. The van der Waals surface area contributed by atoms with Crippen molar-refractivity contribution in [1.29, 1.82) is 0 Å². The van der Waals surface area contributed by atoms with Gasteiger partial charge >= 0.3 is 0 Å². The summed E-state index contributed by atoms with van der Waals surface area (Å²) in [6.07, 6.45) is 6.92. The maximum absolute atomic E-state index is 5.75. The molecule has 2 N–H and O–H groups in total. The first-order valence-electron chi connectivity index (χ1n) is 6.08. The van der Waals surface area contributed by atoms with E-state index in [4.69, 9.17) is 5.73 Å². The van der Waals surface area contributed by atoms with Gasteiger partial charge in [0.05, 0.1) is 0 Å². The van der Waals surface area contributed by atoms with E-state index in [1.807, 2.05) is 6.26 Å². The fraction of sp³-hybridized carbons (Fsp3) is 0.750. The topological polar surface area (TPSA) is 64.7 Å². The summed E-state index contributed by atoms with van der Waals surface area (Å²) < 4.78 is 0. The molecule has 1 fully saturated rings. The molecule has 1 unspecified atom stereocenters. The van der Waals surface area contributed by atoms with Crippen LogP contribution in [-0.4, -0.2) is 21.2 Å². The van der Waals surface area contributed by atoms with Gasteiger partial charge in [0, 0.05) is 5.92 Å². The quantitative estimate of drug-likeness (QED) is 0.820. The first-order chi connectivity index (χ1) is 8.03. The van der Waals surface area contributed by atoms with Crippen LogP contribution in [-0.2, 0) is 0 Å². The molecule has 17 heavy (non-hydrogen) atoms. The van der Waals surface area contributed by atoms with Crippen molar-refractivity contribution < 1.29 is 0 Å². The van der Waals surface area contributed by atoms with E-state index in [2.05, 4.69) is 28.8 Å². The highest BCUT2D eigenvalue weighted by atomic mass is 32.2. The van der Waals surface area contributed by atoms with Crippen molar-refractivity contribution in [1.82, 2.24) is 15.0 Å². The molecule has 1 saturated carbocycles. The lowest BCUT2D eigenvalue weighted by Gasteiger charge is -2.37. The van der Waals surface area contributed by atoms with Crippen LogP contribution in [0.4, 0.5) is 5.95 Å². The van der Waals surface area contributed by atoms with Crippen LogP contribution < -0.4 is 5.73 Å². The lowest BCUT2D eigenvalue weighted by atomic mass is 9.68. The van der Waals surface area contributed by atoms with Crippen molar-refractivity contribution in [3.05, 3.63) is 5.82 Å². The molecular formula is C12H20N4S. The molecule has 1 aliphatic rings. The minimum absolute atomic E-state index is 0.266.